The maximum absolute atomic E-state index is 12.4. The lowest BCUT2D eigenvalue weighted by Crippen LogP contribution is -2.03. The summed E-state index contributed by atoms with van der Waals surface area (Å²) in [6.07, 6.45) is 1.51. The van der Waals surface area contributed by atoms with E-state index in [9.17, 15) is 13.2 Å². The molecule has 0 N–H and O–H groups in total. The summed E-state index contributed by atoms with van der Waals surface area (Å²) in [5.74, 6) is 0. The number of benzene rings is 1. The first-order valence-corrected chi connectivity index (χ1v) is 7.55. The molecule has 1 aromatic rings. The predicted molar refractivity (Wildman–Crippen MR) is 73.2 cm³/mol. The highest BCUT2D eigenvalue weighted by atomic mass is 127. The fraction of sp³-hybridized carbons (Fsp3) is 0.400. The maximum Gasteiger partial charge on any atom is 0.446 e. The summed E-state index contributed by atoms with van der Waals surface area (Å²) in [6.45, 7) is 0. The fourth-order valence-electron chi connectivity index (χ4n) is 1.24. The van der Waals surface area contributed by atoms with Crippen molar-refractivity contribution in [1.29, 1.82) is 0 Å². The molecule has 0 saturated carbocycles. The fourth-order valence-corrected chi connectivity index (χ4v) is 3.10. The van der Waals surface area contributed by atoms with Gasteiger partial charge in [0, 0.05) is 13.8 Å². The largest absolute Gasteiger partial charge is 0.446 e. The number of rotatable bonds is 4. The molecule has 0 aliphatic rings. The quantitative estimate of drug-likeness (QED) is 0.362. The van der Waals surface area contributed by atoms with Gasteiger partial charge < -0.3 is 0 Å². The van der Waals surface area contributed by atoms with Crippen molar-refractivity contribution in [3.63, 3.8) is 0 Å². The summed E-state index contributed by atoms with van der Waals surface area (Å²) in [5.41, 5.74) is -3.45. The van der Waals surface area contributed by atoms with Crippen molar-refractivity contribution < 1.29 is 13.2 Å². The second-order valence-corrected chi connectivity index (χ2v) is 6.10. The van der Waals surface area contributed by atoms with Crippen LogP contribution in [0.3, 0.4) is 0 Å². The van der Waals surface area contributed by atoms with Gasteiger partial charge in [-0.15, -0.1) is 0 Å². The van der Waals surface area contributed by atoms with E-state index in [1.54, 1.807) is 18.2 Å². The lowest BCUT2D eigenvalue weighted by Gasteiger charge is -2.12. The molecule has 1 rings (SSSR count). The molecule has 0 nitrogen and oxygen atoms in total. The smallest absolute Gasteiger partial charge is 0.160 e. The Morgan fingerprint density at radius 1 is 1.31 bits per heavy atom. The second kappa shape index (κ2) is 6.49. The first-order chi connectivity index (χ1) is 7.44. The molecule has 0 aliphatic heterocycles. The molecule has 0 amide bonds. The first kappa shape index (κ1) is 14.6. The summed E-state index contributed by atoms with van der Waals surface area (Å²) >= 11 is 5.21. The van der Waals surface area contributed by atoms with Gasteiger partial charge in [-0.3, -0.25) is 0 Å². The second-order valence-electron chi connectivity index (χ2n) is 3.07. The van der Waals surface area contributed by atoms with Gasteiger partial charge >= 0.3 is 5.51 Å². The Morgan fingerprint density at radius 2 is 2.00 bits per heavy atom. The van der Waals surface area contributed by atoms with Crippen LogP contribution in [0.1, 0.15) is 12.0 Å². The van der Waals surface area contributed by atoms with Crippen LogP contribution < -0.4 is 0 Å². The molecule has 6 heteroatoms. The van der Waals surface area contributed by atoms with Gasteiger partial charge in [-0.1, -0.05) is 28.1 Å². The van der Waals surface area contributed by atoms with Gasteiger partial charge in [-0.05, 0) is 58.8 Å². The van der Waals surface area contributed by atoms with E-state index in [2.05, 4.69) is 15.9 Å². The van der Waals surface area contributed by atoms with E-state index in [1.165, 1.54) is 0 Å². The van der Waals surface area contributed by atoms with Crippen molar-refractivity contribution in [1.82, 2.24) is 0 Å². The van der Waals surface area contributed by atoms with Crippen LogP contribution in [-0.4, -0.2) is 10.8 Å². The number of halogens is 5. The molecule has 0 unspecified atom stereocenters. The average Bonchev–Trinajstić information content (AvgIpc) is 2.17. The van der Waals surface area contributed by atoms with Crippen LogP contribution in [-0.2, 0) is 6.42 Å². The number of alkyl halides is 4. The highest BCUT2D eigenvalue weighted by Crippen LogP contribution is 2.41. The van der Waals surface area contributed by atoms with Gasteiger partial charge in [0.05, 0.1) is 0 Å². The van der Waals surface area contributed by atoms with Gasteiger partial charge in [0.25, 0.3) is 0 Å². The van der Waals surface area contributed by atoms with E-state index >= 15 is 0 Å². The van der Waals surface area contributed by atoms with Crippen LogP contribution in [0.2, 0.25) is 0 Å². The van der Waals surface area contributed by atoms with E-state index in [0.717, 1.165) is 17.3 Å². The summed E-state index contributed by atoms with van der Waals surface area (Å²) in [4.78, 5) is 0.344. The molecular formula is C10H9BrF3IS. The third-order valence-corrected chi connectivity index (χ3v) is 4.59. The molecule has 0 heterocycles. The van der Waals surface area contributed by atoms with Crippen molar-refractivity contribution in [3.8, 4) is 0 Å². The van der Waals surface area contributed by atoms with Crippen molar-refractivity contribution >= 4 is 50.3 Å². The molecule has 90 valence electrons. The van der Waals surface area contributed by atoms with Crippen molar-refractivity contribution in [3.05, 3.63) is 27.3 Å². The van der Waals surface area contributed by atoms with Crippen LogP contribution in [0.25, 0.3) is 0 Å². The number of thioether (sulfide) groups is 1. The van der Waals surface area contributed by atoms with E-state index in [1.807, 2.05) is 22.6 Å². The monoisotopic (exact) mass is 424 g/mol. The van der Waals surface area contributed by atoms with Gasteiger partial charge in [0.1, 0.15) is 0 Å². The lowest BCUT2D eigenvalue weighted by atomic mass is 10.1. The van der Waals surface area contributed by atoms with Crippen LogP contribution in [0.4, 0.5) is 13.2 Å². The Bertz CT molecular complexity index is 354. The first-order valence-electron chi connectivity index (χ1n) is 4.53. The summed E-state index contributed by atoms with van der Waals surface area (Å²) in [7, 11) is 0. The number of hydrogen-bond donors (Lipinski definition) is 0. The highest BCUT2D eigenvalue weighted by Gasteiger charge is 2.31. The summed E-state index contributed by atoms with van der Waals surface area (Å²) in [5, 5.41) is 0.800. The highest BCUT2D eigenvalue weighted by molar-refractivity contribution is 14.1. The van der Waals surface area contributed by atoms with Crippen LogP contribution in [0, 0.1) is 3.57 Å². The number of hydrogen-bond acceptors (Lipinski definition) is 1. The molecule has 0 atom stereocenters. The zero-order valence-corrected chi connectivity index (χ0v) is 12.7. The standard InChI is InChI=1S/C10H9BrF3IS/c11-6-2-4-7-3-1-5-8(15)9(7)16-10(12,13)14/h1,3,5H,2,4,6H2. The van der Waals surface area contributed by atoms with Crippen molar-refractivity contribution in [2.75, 3.05) is 5.33 Å². The lowest BCUT2D eigenvalue weighted by molar-refractivity contribution is -0.0328. The third-order valence-electron chi connectivity index (χ3n) is 1.85. The van der Waals surface area contributed by atoms with Gasteiger partial charge in [0.15, 0.2) is 0 Å². The molecule has 16 heavy (non-hydrogen) atoms. The van der Waals surface area contributed by atoms with E-state index in [-0.39, 0.29) is 11.8 Å². The molecule has 0 radical (unpaired) electrons. The zero-order valence-electron chi connectivity index (χ0n) is 8.15. The SMILES string of the molecule is FC(F)(F)Sc1c(I)cccc1CCCBr. The van der Waals surface area contributed by atoms with Crippen LogP contribution in [0.15, 0.2) is 23.1 Å². The van der Waals surface area contributed by atoms with Crippen molar-refractivity contribution in [2.24, 2.45) is 0 Å². The molecule has 0 aliphatic carbocycles. The van der Waals surface area contributed by atoms with Gasteiger partial charge in [-0.2, -0.15) is 13.2 Å². The molecule has 1 aromatic carbocycles. The Balaban J connectivity index is 2.94. The van der Waals surface area contributed by atoms with E-state index in [0.29, 0.717) is 14.9 Å². The Kier molecular flexibility index (Phi) is 5.93. The van der Waals surface area contributed by atoms with E-state index < -0.39 is 5.51 Å². The van der Waals surface area contributed by atoms with Gasteiger partial charge in [-0.25, -0.2) is 0 Å². The Labute approximate surface area is 119 Å². The van der Waals surface area contributed by atoms with Gasteiger partial charge in [0.2, 0.25) is 0 Å². The Morgan fingerprint density at radius 3 is 2.56 bits per heavy atom. The minimum Gasteiger partial charge on any atom is -0.160 e. The minimum atomic E-state index is -4.22. The summed E-state index contributed by atoms with van der Waals surface area (Å²) in [6, 6.07) is 5.26. The van der Waals surface area contributed by atoms with Crippen LogP contribution >= 0.6 is 50.3 Å². The maximum atomic E-state index is 12.4. The molecular weight excluding hydrogens is 416 g/mol. The van der Waals surface area contributed by atoms with Crippen LogP contribution in [0.5, 0.6) is 0 Å². The molecule has 0 fully saturated rings. The molecule has 0 spiro atoms. The predicted octanol–water partition coefficient (Wildman–Crippen LogP) is 5.23. The number of aryl methyl sites for hydroxylation is 1. The zero-order chi connectivity index (χ0) is 12.2. The van der Waals surface area contributed by atoms with E-state index in [4.69, 9.17) is 0 Å². The normalized spacial score (nSPS) is 11.8. The average molecular weight is 425 g/mol. The molecule has 0 aromatic heterocycles. The topological polar surface area (TPSA) is 0 Å². The Hall–Kier alpha value is 0.570. The molecule has 0 bridgehead atoms. The third kappa shape index (κ3) is 4.83. The minimum absolute atomic E-state index is 0.0184. The summed E-state index contributed by atoms with van der Waals surface area (Å²) < 4.78 is 37.8. The molecule has 0 saturated heterocycles. The van der Waals surface area contributed by atoms with Crippen molar-refractivity contribution in [2.45, 2.75) is 23.2 Å².